The molecule has 150 valence electrons. The summed E-state index contributed by atoms with van der Waals surface area (Å²) in [6.45, 7) is 3.85. The van der Waals surface area contributed by atoms with E-state index in [1.807, 2.05) is 37.3 Å². The Morgan fingerprint density at radius 2 is 1.83 bits per heavy atom. The van der Waals surface area contributed by atoms with Crippen molar-refractivity contribution in [2.75, 3.05) is 13.7 Å². The first-order chi connectivity index (χ1) is 14.0. The van der Waals surface area contributed by atoms with Crippen molar-refractivity contribution in [1.29, 1.82) is 5.26 Å². The van der Waals surface area contributed by atoms with E-state index in [0.717, 1.165) is 11.1 Å². The van der Waals surface area contributed by atoms with E-state index < -0.39 is 5.97 Å². The van der Waals surface area contributed by atoms with E-state index in [2.05, 4.69) is 0 Å². The largest absolute Gasteiger partial charge is 0.493 e. The van der Waals surface area contributed by atoms with Gasteiger partial charge in [-0.15, -0.1) is 0 Å². The Morgan fingerprint density at radius 1 is 1.10 bits per heavy atom. The van der Waals surface area contributed by atoms with Crippen LogP contribution in [0.25, 0.3) is 6.08 Å². The van der Waals surface area contributed by atoms with Crippen LogP contribution in [-0.2, 0) is 20.7 Å². The number of hydrogen-bond acceptors (Lipinski definition) is 6. The Morgan fingerprint density at radius 3 is 2.45 bits per heavy atom. The quantitative estimate of drug-likeness (QED) is 0.291. The zero-order valence-electron chi connectivity index (χ0n) is 16.7. The molecule has 0 atom stereocenters. The Balaban J connectivity index is 2.07. The van der Waals surface area contributed by atoms with E-state index in [1.54, 1.807) is 25.1 Å². The minimum absolute atomic E-state index is 0.128. The zero-order chi connectivity index (χ0) is 21.2. The van der Waals surface area contributed by atoms with Gasteiger partial charge in [-0.05, 0) is 49.6 Å². The molecule has 6 nitrogen and oxygen atoms in total. The highest BCUT2D eigenvalue weighted by atomic mass is 16.6. The number of carbonyl (C=O) groups excluding carboxylic acids is 2. The van der Waals surface area contributed by atoms with E-state index >= 15 is 0 Å². The van der Waals surface area contributed by atoms with Crippen LogP contribution in [0.1, 0.15) is 30.0 Å². The molecule has 0 radical (unpaired) electrons. The van der Waals surface area contributed by atoms with Gasteiger partial charge in [0.2, 0.25) is 0 Å². The fraction of sp³-hybridized carbons (Fsp3) is 0.261. The van der Waals surface area contributed by atoms with Crippen LogP contribution in [0.3, 0.4) is 0 Å². The van der Waals surface area contributed by atoms with E-state index in [4.69, 9.17) is 19.5 Å². The molecule has 0 saturated heterocycles. The number of benzene rings is 2. The summed E-state index contributed by atoms with van der Waals surface area (Å²) >= 11 is 0. The maximum Gasteiger partial charge on any atom is 0.348 e. The first kappa shape index (κ1) is 21.7. The van der Waals surface area contributed by atoms with Gasteiger partial charge in [-0.3, -0.25) is 4.79 Å². The van der Waals surface area contributed by atoms with E-state index in [1.165, 1.54) is 13.2 Å². The minimum Gasteiger partial charge on any atom is -0.493 e. The van der Waals surface area contributed by atoms with E-state index in [0.29, 0.717) is 17.7 Å². The van der Waals surface area contributed by atoms with Gasteiger partial charge in [0.25, 0.3) is 0 Å². The first-order valence-electron chi connectivity index (χ1n) is 9.20. The van der Waals surface area contributed by atoms with Gasteiger partial charge in [0.05, 0.1) is 13.7 Å². The number of methoxy groups -OCH3 is 1. The average Bonchev–Trinajstić information content (AvgIpc) is 2.72. The summed E-state index contributed by atoms with van der Waals surface area (Å²) < 4.78 is 15.5. The summed E-state index contributed by atoms with van der Waals surface area (Å²) in [6.07, 6.45) is 2.20. The molecule has 2 rings (SSSR count). The smallest absolute Gasteiger partial charge is 0.348 e. The molecule has 0 fully saturated rings. The second kappa shape index (κ2) is 10.7. The van der Waals surface area contributed by atoms with Crippen molar-refractivity contribution in [3.05, 3.63) is 64.7 Å². The SMILES string of the molecule is CCOC(=O)/C(C#N)=C/c1ccc(OC(=O)CCc2ccc(C)cc2)c(OC)c1. The number of ether oxygens (including phenoxy) is 3. The first-order valence-corrected chi connectivity index (χ1v) is 9.20. The molecule has 0 heterocycles. The third-order valence-electron chi connectivity index (χ3n) is 4.08. The normalized spacial score (nSPS) is 10.8. The lowest BCUT2D eigenvalue weighted by Crippen LogP contribution is -2.10. The second-order valence-electron chi connectivity index (χ2n) is 6.26. The maximum atomic E-state index is 12.2. The molecule has 6 heteroatoms. The lowest BCUT2D eigenvalue weighted by molar-refractivity contribution is -0.138. The summed E-state index contributed by atoms with van der Waals surface area (Å²) in [5, 5.41) is 9.13. The molecule has 0 amide bonds. The van der Waals surface area contributed by atoms with Gasteiger partial charge < -0.3 is 14.2 Å². The fourth-order valence-corrected chi connectivity index (χ4v) is 2.55. The fourth-order valence-electron chi connectivity index (χ4n) is 2.55. The number of hydrogen-bond donors (Lipinski definition) is 0. The molecule has 0 spiro atoms. The monoisotopic (exact) mass is 393 g/mol. The summed E-state index contributed by atoms with van der Waals surface area (Å²) in [4.78, 5) is 23.9. The van der Waals surface area contributed by atoms with Crippen LogP contribution in [0.2, 0.25) is 0 Å². The molecule has 2 aromatic carbocycles. The van der Waals surface area contributed by atoms with Crippen molar-refractivity contribution in [3.63, 3.8) is 0 Å². The van der Waals surface area contributed by atoms with Crippen LogP contribution in [0, 0.1) is 18.3 Å². The molecule has 0 unspecified atom stereocenters. The summed E-state index contributed by atoms with van der Waals surface area (Å²) in [6, 6.07) is 14.6. The van der Waals surface area contributed by atoms with Crippen LogP contribution in [0.15, 0.2) is 48.0 Å². The number of esters is 2. The van der Waals surface area contributed by atoms with Gasteiger partial charge in [-0.25, -0.2) is 4.79 Å². The molecular weight excluding hydrogens is 370 g/mol. The lowest BCUT2D eigenvalue weighted by atomic mass is 10.1. The van der Waals surface area contributed by atoms with Crippen LogP contribution < -0.4 is 9.47 Å². The molecule has 0 bridgehead atoms. The highest BCUT2D eigenvalue weighted by Gasteiger charge is 2.13. The summed E-state index contributed by atoms with van der Waals surface area (Å²) in [5.74, 6) is -0.478. The Labute approximate surface area is 170 Å². The highest BCUT2D eigenvalue weighted by molar-refractivity contribution is 5.98. The van der Waals surface area contributed by atoms with Crippen molar-refractivity contribution < 1.29 is 23.8 Å². The number of aryl methyl sites for hydroxylation is 2. The Hall–Kier alpha value is -3.59. The molecule has 0 aliphatic rings. The van der Waals surface area contributed by atoms with Gasteiger partial charge in [-0.1, -0.05) is 35.9 Å². The van der Waals surface area contributed by atoms with Crippen molar-refractivity contribution in [2.24, 2.45) is 0 Å². The van der Waals surface area contributed by atoms with Crippen molar-refractivity contribution in [3.8, 4) is 17.6 Å². The molecule has 0 N–H and O–H groups in total. The number of nitrogens with zero attached hydrogens (tertiary/aromatic N) is 1. The van der Waals surface area contributed by atoms with Gasteiger partial charge in [-0.2, -0.15) is 5.26 Å². The highest BCUT2D eigenvalue weighted by Crippen LogP contribution is 2.29. The van der Waals surface area contributed by atoms with Gasteiger partial charge in [0, 0.05) is 6.42 Å². The summed E-state index contributed by atoms with van der Waals surface area (Å²) in [7, 11) is 1.45. The number of rotatable bonds is 8. The van der Waals surface area contributed by atoms with Crippen LogP contribution in [0.5, 0.6) is 11.5 Å². The van der Waals surface area contributed by atoms with E-state index in [9.17, 15) is 9.59 Å². The molecule has 0 aliphatic heterocycles. The lowest BCUT2D eigenvalue weighted by Gasteiger charge is -2.10. The zero-order valence-corrected chi connectivity index (χ0v) is 16.7. The molecule has 0 aliphatic carbocycles. The van der Waals surface area contributed by atoms with Gasteiger partial charge in [0.15, 0.2) is 11.5 Å². The predicted octanol–water partition coefficient (Wildman–Crippen LogP) is 4.01. The predicted molar refractivity (Wildman–Crippen MR) is 108 cm³/mol. The molecule has 29 heavy (non-hydrogen) atoms. The van der Waals surface area contributed by atoms with Crippen molar-refractivity contribution in [2.45, 2.75) is 26.7 Å². The minimum atomic E-state index is -0.694. The topological polar surface area (TPSA) is 85.6 Å². The van der Waals surface area contributed by atoms with Gasteiger partial charge in [0.1, 0.15) is 11.6 Å². The third-order valence-corrected chi connectivity index (χ3v) is 4.08. The third kappa shape index (κ3) is 6.51. The number of carbonyl (C=O) groups is 2. The molecule has 0 aromatic heterocycles. The molecule has 2 aromatic rings. The standard InChI is InChI=1S/C23H23NO5/c1-4-28-23(26)19(15-24)13-18-9-11-20(21(14-18)27-3)29-22(25)12-10-17-7-5-16(2)6-8-17/h5-9,11,13-14H,4,10,12H2,1-3H3/b19-13+. The van der Waals surface area contributed by atoms with E-state index in [-0.39, 0.29) is 30.3 Å². The van der Waals surface area contributed by atoms with Crippen molar-refractivity contribution in [1.82, 2.24) is 0 Å². The maximum absolute atomic E-state index is 12.2. The van der Waals surface area contributed by atoms with Gasteiger partial charge >= 0.3 is 11.9 Å². The second-order valence-corrected chi connectivity index (χ2v) is 6.26. The van der Waals surface area contributed by atoms with Crippen LogP contribution >= 0.6 is 0 Å². The number of nitriles is 1. The molecular formula is C23H23NO5. The Kier molecular flexibility index (Phi) is 7.99. The van der Waals surface area contributed by atoms with Crippen LogP contribution in [-0.4, -0.2) is 25.7 Å². The average molecular weight is 393 g/mol. The van der Waals surface area contributed by atoms with Crippen LogP contribution in [0.4, 0.5) is 0 Å². The summed E-state index contributed by atoms with van der Waals surface area (Å²) in [5.41, 5.74) is 2.64. The Bertz CT molecular complexity index is 939. The molecule has 0 saturated carbocycles. The van der Waals surface area contributed by atoms with Crippen molar-refractivity contribution >= 4 is 18.0 Å².